The van der Waals surface area contributed by atoms with Crippen molar-refractivity contribution < 1.29 is 28.2 Å². The van der Waals surface area contributed by atoms with Crippen molar-refractivity contribution in [1.82, 2.24) is 5.32 Å². The molecule has 2 fully saturated rings. The summed E-state index contributed by atoms with van der Waals surface area (Å²) in [6.45, 7) is 16.2. The van der Waals surface area contributed by atoms with Gasteiger partial charge in [-0.3, -0.25) is 9.36 Å². The van der Waals surface area contributed by atoms with Gasteiger partial charge in [0.25, 0.3) is 7.44 Å². The molecule has 7 aromatic carbocycles. The zero-order chi connectivity index (χ0) is 55.0. The van der Waals surface area contributed by atoms with Crippen molar-refractivity contribution in [2.45, 2.75) is 26.7 Å². The maximum Gasteiger partial charge on any atom is 0.342 e. The molecule has 9 rings (SSSR count). The maximum absolute atomic E-state index is 15.1. The molecule has 1 atom stereocenters. The highest BCUT2D eigenvalue weighted by Crippen LogP contribution is 2.67. The number of hydrogen-bond acceptors (Lipinski definition) is 9. The van der Waals surface area contributed by atoms with Crippen LogP contribution < -0.4 is 29.3 Å². The molecule has 2 heterocycles. The Bertz CT molecular complexity index is 2970. The van der Waals surface area contributed by atoms with Crippen molar-refractivity contribution in [3.63, 3.8) is 0 Å². The summed E-state index contributed by atoms with van der Waals surface area (Å²) < 4.78 is 40.3. The standard InChI is InChI=1S/C27H29N2O3P.C23H25N4OPS.C13H14O2/c1-3-32-27(30)26(21-23-13-7-4-8-14-23)22(2)33(31)28(24-15-9-5-10-16-24)19-20-29(33)25-17-11-6-12-18-25;30-23(25-20-10-4-1-5-11-20)24-16-19-28-29-26(21-12-6-2-7-13-21)17-18-27(29)22-14-8-3-9-15-22;1-3-12(13(14)15-4-2)10-11-8-6-5-7-9-11/h4-18,26H,2-3,19-21H2,1H3;1-15H,16-19H2,(H2,24,25,30);5-9H,1,4,10H2,2H3. The predicted molar refractivity (Wildman–Crippen MR) is 325 cm³/mol. The Morgan fingerprint density at radius 3 is 1.49 bits per heavy atom. The largest absolute Gasteiger partial charge is 0.466 e. The van der Waals surface area contributed by atoms with Crippen LogP contribution in [0.2, 0.25) is 0 Å². The number of benzene rings is 7. The number of nitrogens with zero attached hydrogens (tertiary/aromatic N) is 4. The topological polar surface area (TPSA) is 116 Å². The molecule has 7 aromatic rings. The van der Waals surface area contributed by atoms with E-state index in [4.69, 9.17) is 26.2 Å². The molecule has 0 bridgehead atoms. The van der Waals surface area contributed by atoms with Crippen LogP contribution in [0.4, 0.5) is 28.4 Å². The Kier molecular flexibility index (Phi) is 22.5. The Morgan fingerprint density at radius 2 is 1.04 bits per heavy atom. The smallest absolute Gasteiger partial charge is 0.342 e. The second-order valence-corrected chi connectivity index (χ2v) is 22.5. The predicted octanol–water partition coefficient (Wildman–Crippen LogP) is 13.9. The first-order valence-corrected chi connectivity index (χ1v) is 29.3. The minimum absolute atomic E-state index is 0.256. The third-order valence-corrected chi connectivity index (χ3v) is 18.1. The zero-order valence-corrected chi connectivity index (χ0v) is 46.9. The highest BCUT2D eigenvalue weighted by Gasteiger charge is 2.49. The number of rotatable bonds is 19. The van der Waals surface area contributed by atoms with E-state index in [0.717, 1.165) is 41.3 Å². The fourth-order valence-electron chi connectivity index (χ4n) is 8.80. The lowest BCUT2D eigenvalue weighted by molar-refractivity contribution is -0.146. The van der Waals surface area contributed by atoms with E-state index in [1.807, 2.05) is 173 Å². The van der Waals surface area contributed by atoms with E-state index in [-0.39, 0.29) is 12.6 Å². The monoisotopic (exact) mass is 1100 g/mol. The average molecular weight is 1100 g/mol. The van der Waals surface area contributed by atoms with E-state index >= 15 is 4.57 Å². The van der Waals surface area contributed by atoms with Gasteiger partial charge in [0.15, 0.2) is 5.11 Å². The SMILES string of the molecule is C=C(C(Cc1ccccc1)C(=O)OCC)P1(=O)N(c2ccccc2)CCN1c1ccccc1.C=C=C(Cc1ccccc1)C(=O)OCC.S=C(NCCOP1N(c2ccccc2)CCN1c1ccccc1)Nc1ccccc1. The molecule has 1 unspecified atom stereocenters. The lowest BCUT2D eigenvalue weighted by atomic mass is 9.99. The number of nitrogens with one attached hydrogen (secondary N) is 2. The normalized spacial score (nSPS) is 13.8. The lowest BCUT2D eigenvalue weighted by Gasteiger charge is -2.36. The van der Waals surface area contributed by atoms with Crippen LogP contribution >= 0.6 is 28.1 Å². The third-order valence-electron chi connectivity index (χ3n) is 12.5. The zero-order valence-electron chi connectivity index (χ0n) is 44.3. The molecule has 0 amide bonds. The number of carbonyl (C=O) groups is 2. The second kappa shape index (κ2) is 30.3. The summed E-state index contributed by atoms with van der Waals surface area (Å²) in [5, 5.41) is 7.42. The summed E-state index contributed by atoms with van der Waals surface area (Å²) >= 11 is 5.39. The summed E-state index contributed by atoms with van der Waals surface area (Å²) in [6, 6.07) is 69.7. The van der Waals surface area contributed by atoms with Gasteiger partial charge in [0, 0.05) is 72.9 Å². The molecule has 2 aliphatic heterocycles. The van der Waals surface area contributed by atoms with Crippen molar-refractivity contribution in [3.8, 4) is 0 Å². The number of thiocarbonyl (C=S) groups is 1. The van der Waals surface area contributed by atoms with Crippen molar-refractivity contribution in [3.05, 3.63) is 253 Å². The van der Waals surface area contributed by atoms with Gasteiger partial charge in [-0.1, -0.05) is 165 Å². The van der Waals surface area contributed by atoms with Gasteiger partial charge in [-0.15, -0.1) is 5.73 Å². The summed E-state index contributed by atoms with van der Waals surface area (Å²) in [5.41, 5.74) is 10.2. The molecule has 15 heteroatoms. The van der Waals surface area contributed by atoms with Crippen LogP contribution in [0.5, 0.6) is 0 Å². The van der Waals surface area contributed by atoms with Crippen LogP contribution in [-0.4, -0.2) is 69.6 Å². The molecule has 12 nitrogen and oxygen atoms in total. The fraction of sp³-hybridized carbons (Fsp3) is 0.206. The van der Waals surface area contributed by atoms with Crippen LogP contribution in [-0.2, 0) is 41.0 Å². The molecule has 0 radical (unpaired) electrons. The molecular weight excluding hydrogens is 1030 g/mol. The summed E-state index contributed by atoms with van der Waals surface area (Å²) in [5.74, 6) is -1.46. The van der Waals surface area contributed by atoms with E-state index in [1.54, 1.807) is 13.8 Å². The van der Waals surface area contributed by atoms with Crippen LogP contribution in [0.25, 0.3) is 0 Å². The molecule has 2 saturated heterocycles. The van der Waals surface area contributed by atoms with Crippen LogP contribution in [0.3, 0.4) is 0 Å². The first-order chi connectivity index (χ1) is 38.1. The summed E-state index contributed by atoms with van der Waals surface area (Å²) in [6.07, 6.45) is 0.900. The molecule has 0 spiro atoms. The number of anilines is 5. The summed E-state index contributed by atoms with van der Waals surface area (Å²) in [4.78, 5) is 24.6. The van der Waals surface area contributed by atoms with Gasteiger partial charge in [0.05, 0.1) is 31.3 Å². The van der Waals surface area contributed by atoms with Gasteiger partial charge in [0.1, 0.15) is 0 Å². The first kappa shape index (κ1) is 57.9. The van der Waals surface area contributed by atoms with Gasteiger partial charge in [0.2, 0.25) is 8.45 Å². The van der Waals surface area contributed by atoms with Crippen molar-refractivity contribution >= 4 is 73.6 Å². The van der Waals surface area contributed by atoms with Crippen molar-refractivity contribution in [1.29, 1.82) is 0 Å². The van der Waals surface area contributed by atoms with E-state index in [2.05, 4.69) is 87.4 Å². The van der Waals surface area contributed by atoms with Crippen molar-refractivity contribution in [2.75, 3.05) is 76.5 Å². The molecule has 0 saturated carbocycles. The Morgan fingerprint density at radius 1 is 0.615 bits per heavy atom. The number of ether oxygens (including phenoxy) is 2. The third kappa shape index (κ3) is 15.9. The Hall–Kier alpha value is -7.75. The average Bonchev–Trinajstić information content (AvgIpc) is 4.24. The van der Waals surface area contributed by atoms with Crippen molar-refractivity contribution in [2.24, 2.45) is 5.92 Å². The van der Waals surface area contributed by atoms with Crippen LogP contribution in [0.15, 0.2) is 242 Å². The quantitative estimate of drug-likeness (QED) is 0.0200. The molecule has 2 N–H and O–H groups in total. The van der Waals surface area contributed by atoms with Gasteiger partial charge < -0.3 is 43.3 Å². The number of carbonyl (C=O) groups excluding carboxylic acids is 2. The Balaban J connectivity index is 0.000000181. The minimum Gasteiger partial charge on any atom is -0.466 e. The van der Waals surface area contributed by atoms with E-state index in [9.17, 15) is 9.59 Å². The Labute approximate surface area is 467 Å². The van der Waals surface area contributed by atoms with E-state index in [1.165, 1.54) is 11.4 Å². The number of hydrogen-bond donors (Lipinski definition) is 2. The van der Waals surface area contributed by atoms with Crippen LogP contribution in [0.1, 0.15) is 25.0 Å². The highest BCUT2D eigenvalue weighted by atomic mass is 32.1. The van der Waals surface area contributed by atoms with Gasteiger partial charge in [-0.2, -0.15) is 0 Å². The van der Waals surface area contributed by atoms with Gasteiger partial charge in [-0.05, 0) is 104 Å². The van der Waals surface area contributed by atoms with Gasteiger partial charge >= 0.3 is 11.9 Å². The molecule has 0 aliphatic carbocycles. The highest BCUT2D eigenvalue weighted by molar-refractivity contribution is 7.80. The molecule has 2 aliphatic rings. The number of para-hydroxylation sites is 5. The molecule has 0 aromatic heterocycles. The summed E-state index contributed by atoms with van der Waals surface area (Å²) in [7, 11) is -4.36. The fourth-order valence-corrected chi connectivity index (χ4v) is 14.1. The van der Waals surface area contributed by atoms with Crippen LogP contribution in [0, 0.1) is 5.92 Å². The minimum atomic E-state index is -3.42. The maximum atomic E-state index is 15.1. The second-order valence-electron chi connectivity index (χ2n) is 17.7. The molecular formula is C63H68N6O6P2S. The molecule has 78 heavy (non-hydrogen) atoms. The number of esters is 2. The van der Waals surface area contributed by atoms with E-state index in [0.29, 0.717) is 61.7 Å². The van der Waals surface area contributed by atoms with E-state index < -0.39 is 27.8 Å². The van der Waals surface area contributed by atoms with Gasteiger partial charge in [-0.25, -0.2) is 4.79 Å². The lowest BCUT2D eigenvalue weighted by Crippen LogP contribution is -2.31. The molecule has 402 valence electrons. The first-order valence-electron chi connectivity index (χ1n) is 26.1.